The molecule has 1 aliphatic rings. The number of anilines is 1. The summed E-state index contributed by atoms with van der Waals surface area (Å²) in [6.45, 7) is 0. The van der Waals surface area contributed by atoms with E-state index in [9.17, 15) is 8.42 Å². The minimum absolute atomic E-state index is 0.261. The molecule has 0 aromatic heterocycles. The first-order valence-corrected chi connectivity index (χ1v) is 9.80. The maximum absolute atomic E-state index is 12.5. The molecule has 1 saturated carbocycles. The van der Waals surface area contributed by atoms with Crippen molar-refractivity contribution in [3.05, 3.63) is 59.1 Å². The molecule has 0 heterocycles. The van der Waals surface area contributed by atoms with Gasteiger partial charge in [0.1, 0.15) is 0 Å². The minimum atomic E-state index is -3.62. The number of hydrogen-bond acceptors (Lipinski definition) is 2. The highest BCUT2D eigenvalue weighted by molar-refractivity contribution is 7.92. The van der Waals surface area contributed by atoms with Crippen LogP contribution in [-0.4, -0.2) is 8.42 Å². The lowest BCUT2D eigenvalue weighted by Gasteiger charge is -2.22. The Hall–Kier alpha value is -1.52. The highest BCUT2D eigenvalue weighted by atomic mass is 35.5. The van der Waals surface area contributed by atoms with Crippen molar-refractivity contribution in [3.63, 3.8) is 0 Å². The molecule has 0 atom stereocenters. The summed E-state index contributed by atoms with van der Waals surface area (Å²) in [4.78, 5) is 0.261. The molecule has 1 fully saturated rings. The topological polar surface area (TPSA) is 46.2 Å². The average molecular weight is 350 g/mol. The first-order chi connectivity index (χ1) is 11.1. The Morgan fingerprint density at radius 2 is 1.57 bits per heavy atom. The van der Waals surface area contributed by atoms with E-state index in [2.05, 4.69) is 4.72 Å². The molecule has 0 amide bonds. The van der Waals surface area contributed by atoms with Crippen LogP contribution in [0.2, 0.25) is 5.02 Å². The standard InChI is InChI=1S/C18H20ClNO2S/c19-17-8-4-5-9-18(17)20-23(21,22)16-12-10-15(11-13-16)14-6-2-1-3-7-14/h4-5,8-14,20H,1-3,6-7H2. The molecule has 3 nitrogen and oxygen atoms in total. The molecule has 0 aliphatic heterocycles. The number of benzene rings is 2. The Kier molecular flexibility index (Phi) is 4.93. The van der Waals surface area contributed by atoms with Crippen LogP contribution in [0.1, 0.15) is 43.6 Å². The van der Waals surface area contributed by atoms with Gasteiger partial charge in [0.05, 0.1) is 15.6 Å². The van der Waals surface area contributed by atoms with Crippen LogP contribution < -0.4 is 4.72 Å². The molecule has 1 aliphatic carbocycles. The van der Waals surface area contributed by atoms with Gasteiger partial charge < -0.3 is 0 Å². The second-order valence-electron chi connectivity index (χ2n) is 5.99. The molecule has 1 N–H and O–H groups in total. The summed E-state index contributed by atoms with van der Waals surface area (Å²) in [7, 11) is -3.62. The largest absolute Gasteiger partial charge is 0.278 e. The van der Waals surface area contributed by atoms with Gasteiger partial charge in [-0.05, 0) is 48.6 Å². The zero-order valence-corrected chi connectivity index (χ0v) is 14.4. The fraction of sp³-hybridized carbons (Fsp3) is 0.333. The van der Waals surface area contributed by atoms with Crippen LogP contribution >= 0.6 is 11.6 Å². The fourth-order valence-electron chi connectivity index (χ4n) is 3.10. The summed E-state index contributed by atoms with van der Waals surface area (Å²) >= 11 is 6.02. The normalized spacial score (nSPS) is 16.2. The second-order valence-corrected chi connectivity index (χ2v) is 8.08. The molecular weight excluding hydrogens is 330 g/mol. The van der Waals surface area contributed by atoms with Gasteiger partial charge in [0.15, 0.2) is 0 Å². The summed E-state index contributed by atoms with van der Waals surface area (Å²) < 4.78 is 27.5. The van der Waals surface area contributed by atoms with Crippen molar-refractivity contribution in [2.75, 3.05) is 4.72 Å². The Morgan fingerprint density at radius 1 is 0.913 bits per heavy atom. The molecule has 2 aromatic carbocycles. The zero-order valence-electron chi connectivity index (χ0n) is 12.8. The Labute approximate surface area is 142 Å². The Bertz CT molecular complexity index is 766. The zero-order chi connectivity index (χ0) is 16.3. The number of halogens is 1. The lowest BCUT2D eigenvalue weighted by Crippen LogP contribution is -2.13. The summed E-state index contributed by atoms with van der Waals surface area (Å²) in [5.41, 5.74) is 1.63. The smallest absolute Gasteiger partial charge is 0.261 e. The third-order valence-corrected chi connectivity index (χ3v) is 6.10. The molecule has 23 heavy (non-hydrogen) atoms. The van der Waals surface area contributed by atoms with E-state index < -0.39 is 10.0 Å². The van der Waals surface area contributed by atoms with E-state index in [4.69, 9.17) is 11.6 Å². The Balaban J connectivity index is 1.79. The van der Waals surface area contributed by atoms with Crippen molar-refractivity contribution in [1.29, 1.82) is 0 Å². The fourth-order valence-corrected chi connectivity index (χ4v) is 4.42. The van der Waals surface area contributed by atoms with Crippen LogP contribution in [-0.2, 0) is 10.0 Å². The van der Waals surface area contributed by atoms with E-state index in [1.807, 2.05) is 12.1 Å². The number of hydrogen-bond donors (Lipinski definition) is 1. The van der Waals surface area contributed by atoms with E-state index in [0.29, 0.717) is 16.6 Å². The van der Waals surface area contributed by atoms with Gasteiger partial charge in [-0.3, -0.25) is 4.72 Å². The molecule has 5 heteroatoms. The van der Waals surface area contributed by atoms with Crippen molar-refractivity contribution < 1.29 is 8.42 Å². The van der Waals surface area contributed by atoms with Crippen molar-refractivity contribution >= 4 is 27.3 Å². The van der Waals surface area contributed by atoms with Crippen molar-refractivity contribution in [1.82, 2.24) is 0 Å². The highest BCUT2D eigenvalue weighted by Gasteiger charge is 2.18. The number of nitrogens with one attached hydrogen (secondary N) is 1. The number of para-hydroxylation sites is 1. The first-order valence-electron chi connectivity index (χ1n) is 7.93. The molecule has 0 unspecified atom stereocenters. The molecule has 0 spiro atoms. The maximum atomic E-state index is 12.5. The van der Waals surface area contributed by atoms with E-state index in [1.54, 1.807) is 36.4 Å². The van der Waals surface area contributed by atoms with Crippen molar-refractivity contribution in [2.45, 2.75) is 42.9 Å². The van der Waals surface area contributed by atoms with Gasteiger partial charge >= 0.3 is 0 Å². The lowest BCUT2D eigenvalue weighted by molar-refractivity contribution is 0.443. The molecule has 3 rings (SSSR count). The van der Waals surface area contributed by atoms with E-state index in [1.165, 1.54) is 37.7 Å². The van der Waals surface area contributed by atoms with Gasteiger partial charge in [-0.25, -0.2) is 8.42 Å². The van der Waals surface area contributed by atoms with E-state index >= 15 is 0 Å². The van der Waals surface area contributed by atoms with Crippen LogP contribution in [0.25, 0.3) is 0 Å². The third kappa shape index (κ3) is 3.88. The van der Waals surface area contributed by atoms with Crippen LogP contribution in [0.3, 0.4) is 0 Å². The van der Waals surface area contributed by atoms with Gasteiger partial charge in [-0.1, -0.05) is 55.1 Å². The van der Waals surface area contributed by atoms with Crippen molar-refractivity contribution in [2.24, 2.45) is 0 Å². The SMILES string of the molecule is O=S(=O)(Nc1ccccc1Cl)c1ccc(C2CCCCC2)cc1. The Morgan fingerprint density at radius 3 is 2.22 bits per heavy atom. The summed E-state index contributed by atoms with van der Waals surface area (Å²) in [5.74, 6) is 0.567. The highest BCUT2D eigenvalue weighted by Crippen LogP contribution is 2.33. The van der Waals surface area contributed by atoms with E-state index in [0.717, 1.165) is 0 Å². The lowest BCUT2D eigenvalue weighted by atomic mass is 9.84. The molecule has 122 valence electrons. The first kappa shape index (κ1) is 16.3. The molecule has 0 radical (unpaired) electrons. The predicted octanol–water partition coefficient (Wildman–Crippen LogP) is 5.19. The minimum Gasteiger partial charge on any atom is -0.278 e. The molecule has 0 bridgehead atoms. The molecular formula is C18H20ClNO2S. The summed E-state index contributed by atoms with van der Waals surface area (Å²) in [6.07, 6.45) is 6.23. The molecule has 0 saturated heterocycles. The van der Waals surface area contributed by atoms with Crippen LogP contribution in [0.4, 0.5) is 5.69 Å². The predicted molar refractivity (Wildman–Crippen MR) is 94.5 cm³/mol. The number of sulfonamides is 1. The van der Waals surface area contributed by atoms with Gasteiger partial charge in [0.25, 0.3) is 10.0 Å². The van der Waals surface area contributed by atoms with Crippen LogP contribution in [0.15, 0.2) is 53.4 Å². The van der Waals surface area contributed by atoms with Crippen molar-refractivity contribution in [3.8, 4) is 0 Å². The van der Waals surface area contributed by atoms with Crippen LogP contribution in [0.5, 0.6) is 0 Å². The third-order valence-electron chi connectivity index (χ3n) is 4.39. The van der Waals surface area contributed by atoms with E-state index in [-0.39, 0.29) is 4.90 Å². The average Bonchev–Trinajstić information content (AvgIpc) is 2.58. The maximum Gasteiger partial charge on any atom is 0.261 e. The quantitative estimate of drug-likeness (QED) is 0.825. The van der Waals surface area contributed by atoms with Gasteiger partial charge in [0.2, 0.25) is 0 Å². The monoisotopic (exact) mass is 349 g/mol. The van der Waals surface area contributed by atoms with Gasteiger partial charge in [0, 0.05) is 0 Å². The van der Waals surface area contributed by atoms with Crippen LogP contribution in [0, 0.1) is 0 Å². The number of rotatable bonds is 4. The van der Waals surface area contributed by atoms with Gasteiger partial charge in [-0.15, -0.1) is 0 Å². The summed E-state index contributed by atoms with van der Waals surface area (Å²) in [5, 5.41) is 0.384. The second kappa shape index (κ2) is 6.93. The van der Waals surface area contributed by atoms with Gasteiger partial charge in [-0.2, -0.15) is 0 Å². The molecule has 2 aromatic rings. The summed E-state index contributed by atoms with van der Waals surface area (Å²) in [6, 6.07) is 14.1.